The molecule has 118 valence electrons. The van der Waals surface area contributed by atoms with Gasteiger partial charge in [-0.1, -0.05) is 23.7 Å². The van der Waals surface area contributed by atoms with E-state index in [1.54, 1.807) is 42.5 Å². The van der Waals surface area contributed by atoms with Gasteiger partial charge >= 0.3 is 6.61 Å². The number of aromatic nitrogens is 2. The molecule has 0 aliphatic carbocycles. The summed E-state index contributed by atoms with van der Waals surface area (Å²) in [5.74, 6) is 0.967. The summed E-state index contributed by atoms with van der Waals surface area (Å²) in [6.45, 7) is -2.92. The van der Waals surface area contributed by atoms with Crippen molar-refractivity contribution < 1.29 is 18.3 Å². The van der Waals surface area contributed by atoms with Crippen LogP contribution in [-0.4, -0.2) is 16.8 Å². The molecule has 23 heavy (non-hydrogen) atoms. The zero-order chi connectivity index (χ0) is 16.2. The summed E-state index contributed by atoms with van der Waals surface area (Å²) in [6, 6.07) is 13.2. The topological polar surface area (TPSA) is 47.1 Å². The average molecular weight is 337 g/mol. The maximum atomic E-state index is 12.5. The molecule has 3 rings (SSSR count). The Kier molecular flexibility index (Phi) is 4.43. The fraction of sp³-hybridized carbons (Fsp3) is 0.0625. The lowest BCUT2D eigenvalue weighted by Crippen LogP contribution is -2.03. The fourth-order valence-electron chi connectivity index (χ4n) is 2.05. The summed E-state index contributed by atoms with van der Waals surface area (Å²) >= 11 is 5.83. The first-order valence-electron chi connectivity index (χ1n) is 6.64. The van der Waals surface area contributed by atoms with E-state index in [1.807, 2.05) is 0 Å². The van der Waals surface area contributed by atoms with Gasteiger partial charge in [0.2, 0.25) is 0 Å². The predicted molar refractivity (Wildman–Crippen MR) is 82.2 cm³/mol. The van der Waals surface area contributed by atoms with Gasteiger partial charge in [-0.2, -0.15) is 13.9 Å². The number of alkyl halides is 2. The number of nitrogens with one attached hydrogen (secondary N) is 1. The Hall–Kier alpha value is -2.60. The largest absolute Gasteiger partial charge is 0.453 e. The molecule has 0 saturated heterocycles. The molecule has 0 saturated carbocycles. The van der Waals surface area contributed by atoms with Gasteiger partial charge in [-0.25, -0.2) is 0 Å². The summed E-state index contributed by atoms with van der Waals surface area (Å²) in [5, 5.41) is 7.24. The summed E-state index contributed by atoms with van der Waals surface area (Å²) in [7, 11) is 0. The average Bonchev–Trinajstić information content (AvgIpc) is 2.97. The van der Waals surface area contributed by atoms with Crippen LogP contribution < -0.4 is 9.47 Å². The Morgan fingerprint density at radius 2 is 1.74 bits per heavy atom. The summed E-state index contributed by atoms with van der Waals surface area (Å²) in [6.07, 6.45) is 1.46. The third kappa shape index (κ3) is 3.60. The molecule has 0 spiro atoms. The molecule has 2 aromatic carbocycles. The smallest absolute Gasteiger partial charge is 0.387 e. The molecule has 0 bridgehead atoms. The molecule has 0 atom stereocenters. The van der Waals surface area contributed by atoms with Gasteiger partial charge in [0.25, 0.3) is 0 Å². The van der Waals surface area contributed by atoms with Crippen molar-refractivity contribution in [2.24, 2.45) is 0 Å². The van der Waals surface area contributed by atoms with Gasteiger partial charge in [-0.3, -0.25) is 5.10 Å². The molecule has 7 heteroatoms. The zero-order valence-corrected chi connectivity index (χ0v) is 12.4. The minimum absolute atomic E-state index is 0.0349. The molecule has 3 aromatic rings. The minimum atomic E-state index is -2.92. The first-order valence-corrected chi connectivity index (χ1v) is 7.02. The van der Waals surface area contributed by atoms with Crippen LogP contribution in [0.3, 0.4) is 0 Å². The number of para-hydroxylation sites is 1. The summed E-state index contributed by atoms with van der Waals surface area (Å²) in [4.78, 5) is 0. The number of hydrogen-bond donors (Lipinski definition) is 1. The number of nitrogens with zero attached hydrogens (tertiary/aromatic N) is 1. The van der Waals surface area contributed by atoms with Crippen LogP contribution in [-0.2, 0) is 0 Å². The van der Waals surface area contributed by atoms with E-state index in [0.29, 0.717) is 27.8 Å². The van der Waals surface area contributed by atoms with E-state index in [-0.39, 0.29) is 5.75 Å². The minimum Gasteiger partial charge on any atom is -0.453 e. The molecule has 1 aromatic heterocycles. The van der Waals surface area contributed by atoms with Crippen molar-refractivity contribution in [2.45, 2.75) is 6.61 Å². The fourth-order valence-corrected chi connectivity index (χ4v) is 2.17. The van der Waals surface area contributed by atoms with Crippen molar-refractivity contribution in [3.8, 4) is 28.5 Å². The molecular formula is C16H11ClF2N2O2. The Morgan fingerprint density at radius 3 is 2.48 bits per heavy atom. The van der Waals surface area contributed by atoms with E-state index in [1.165, 1.54) is 12.3 Å². The molecule has 1 heterocycles. The Labute approximate surface area is 135 Å². The highest BCUT2D eigenvalue weighted by atomic mass is 35.5. The van der Waals surface area contributed by atoms with Gasteiger partial charge in [-0.05, 0) is 36.4 Å². The SMILES string of the molecule is FC(F)Oc1ccccc1-c1[nH]ncc1Oc1ccc(Cl)cc1. The van der Waals surface area contributed by atoms with E-state index in [4.69, 9.17) is 16.3 Å². The highest BCUT2D eigenvalue weighted by molar-refractivity contribution is 6.30. The zero-order valence-electron chi connectivity index (χ0n) is 11.7. The number of ether oxygens (including phenoxy) is 2. The second-order valence-electron chi connectivity index (χ2n) is 4.54. The van der Waals surface area contributed by atoms with Crippen molar-refractivity contribution in [2.75, 3.05) is 0 Å². The molecule has 0 unspecified atom stereocenters. The number of hydrogen-bond acceptors (Lipinski definition) is 3. The number of halogens is 3. The van der Waals surface area contributed by atoms with E-state index in [9.17, 15) is 8.78 Å². The lowest BCUT2D eigenvalue weighted by molar-refractivity contribution is -0.0494. The van der Waals surface area contributed by atoms with Crippen molar-refractivity contribution in [1.82, 2.24) is 10.2 Å². The maximum absolute atomic E-state index is 12.5. The van der Waals surface area contributed by atoms with Crippen LogP contribution in [0.2, 0.25) is 5.02 Å². The number of H-pyrrole nitrogens is 1. The van der Waals surface area contributed by atoms with Crippen LogP contribution in [0.25, 0.3) is 11.3 Å². The van der Waals surface area contributed by atoms with Gasteiger partial charge in [0.15, 0.2) is 5.75 Å². The standard InChI is InChI=1S/C16H11ClF2N2O2/c17-10-5-7-11(8-6-10)22-14-9-20-21-15(14)12-3-1-2-4-13(12)23-16(18)19/h1-9,16H,(H,20,21). The molecule has 4 nitrogen and oxygen atoms in total. The van der Waals surface area contributed by atoms with Crippen molar-refractivity contribution in [1.29, 1.82) is 0 Å². The van der Waals surface area contributed by atoms with Gasteiger partial charge in [-0.15, -0.1) is 0 Å². The second kappa shape index (κ2) is 6.66. The lowest BCUT2D eigenvalue weighted by Gasteiger charge is -2.11. The third-order valence-electron chi connectivity index (χ3n) is 3.02. The van der Waals surface area contributed by atoms with Gasteiger partial charge in [0.1, 0.15) is 17.2 Å². The van der Waals surface area contributed by atoms with Gasteiger partial charge in [0.05, 0.1) is 6.20 Å². The Morgan fingerprint density at radius 1 is 1.00 bits per heavy atom. The van der Waals surface area contributed by atoms with E-state index < -0.39 is 6.61 Å². The van der Waals surface area contributed by atoms with Crippen molar-refractivity contribution >= 4 is 11.6 Å². The van der Waals surface area contributed by atoms with Crippen LogP contribution in [0.1, 0.15) is 0 Å². The highest BCUT2D eigenvalue weighted by Crippen LogP contribution is 2.37. The maximum Gasteiger partial charge on any atom is 0.387 e. The van der Waals surface area contributed by atoms with Crippen LogP contribution in [0.4, 0.5) is 8.78 Å². The van der Waals surface area contributed by atoms with E-state index in [0.717, 1.165) is 0 Å². The van der Waals surface area contributed by atoms with Crippen LogP contribution >= 0.6 is 11.6 Å². The first kappa shape index (κ1) is 15.3. The molecule has 1 N–H and O–H groups in total. The van der Waals surface area contributed by atoms with E-state index in [2.05, 4.69) is 14.9 Å². The number of benzene rings is 2. The van der Waals surface area contributed by atoms with Crippen molar-refractivity contribution in [3.63, 3.8) is 0 Å². The van der Waals surface area contributed by atoms with Crippen LogP contribution in [0.15, 0.2) is 54.7 Å². The van der Waals surface area contributed by atoms with Gasteiger partial charge < -0.3 is 9.47 Å². The van der Waals surface area contributed by atoms with Gasteiger partial charge in [0, 0.05) is 10.6 Å². The Balaban J connectivity index is 1.93. The Bertz CT molecular complexity index is 791. The normalized spacial score (nSPS) is 10.8. The molecule has 0 amide bonds. The quantitative estimate of drug-likeness (QED) is 0.703. The highest BCUT2D eigenvalue weighted by Gasteiger charge is 2.16. The van der Waals surface area contributed by atoms with Crippen LogP contribution in [0, 0.1) is 0 Å². The molecule has 0 radical (unpaired) electrons. The number of rotatable bonds is 5. The predicted octanol–water partition coefficient (Wildman–Crippen LogP) is 5.12. The molecule has 0 aliphatic rings. The van der Waals surface area contributed by atoms with Crippen LogP contribution in [0.5, 0.6) is 17.2 Å². The second-order valence-corrected chi connectivity index (χ2v) is 4.98. The van der Waals surface area contributed by atoms with Crippen molar-refractivity contribution in [3.05, 3.63) is 59.8 Å². The lowest BCUT2D eigenvalue weighted by atomic mass is 10.1. The monoisotopic (exact) mass is 336 g/mol. The first-order chi connectivity index (χ1) is 11.1. The molecule has 0 fully saturated rings. The third-order valence-corrected chi connectivity index (χ3v) is 3.27. The summed E-state index contributed by atoms with van der Waals surface area (Å²) < 4.78 is 35.3. The number of aromatic amines is 1. The molecular weight excluding hydrogens is 326 g/mol. The molecule has 0 aliphatic heterocycles. The summed E-state index contributed by atoms with van der Waals surface area (Å²) in [5.41, 5.74) is 0.866. The van der Waals surface area contributed by atoms with E-state index >= 15 is 0 Å².